The number of anilines is 1. The molecule has 0 spiro atoms. The molecule has 1 aromatic heterocycles. The first-order valence-corrected chi connectivity index (χ1v) is 7.85. The van der Waals surface area contributed by atoms with Crippen molar-refractivity contribution in [2.45, 2.75) is 19.4 Å². The van der Waals surface area contributed by atoms with Gasteiger partial charge in [0.25, 0.3) is 0 Å². The van der Waals surface area contributed by atoms with Crippen LogP contribution in [0.25, 0.3) is 0 Å². The number of carbonyl (C=O) groups is 1. The molecule has 1 N–H and O–H groups in total. The van der Waals surface area contributed by atoms with Gasteiger partial charge in [0.05, 0.1) is 26.9 Å². The van der Waals surface area contributed by atoms with Gasteiger partial charge in [0.15, 0.2) is 11.5 Å². The number of hydrogen-bond donors (Lipinski definition) is 1. The van der Waals surface area contributed by atoms with Crippen LogP contribution in [0.1, 0.15) is 24.9 Å². The van der Waals surface area contributed by atoms with Gasteiger partial charge in [-0.25, -0.2) is 9.48 Å². The van der Waals surface area contributed by atoms with E-state index >= 15 is 0 Å². The van der Waals surface area contributed by atoms with Crippen molar-refractivity contribution >= 4 is 11.9 Å². The van der Waals surface area contributed by atoms with E-state index in [2.05, 4.69) is 15.4 Å². The molecule has 1 atom stereocenters. The zero-order valence-corrected chi connectivity index (χ0v) is 14.6. The highest BCUT2D eigenvalue weighted by Gasteiger charge is 2.37. The van der Waals surface area contributed by atoms with E-state index in [0.717, 1.165) is 11.3 Å². The van der Waals surface area contributed by atoms with Gasteiger partial charge < -0.3 is 19.5 Å². The minimum absolute atomic E-state index is 0.430. The Balaban J connectivity index is 2.28. The number of carbonyl (C=O) groups excluding carboxylic acids is 1. The van der Waals surface area contributed by atoms with Crippen LogP contribution in [0.3, 0.4) is 0 Å². The largest absolute Gasteiger partial charge is 0.493 e. The Labute approximate surface area is 145 Å². The third-order valence-corrected chi connectivity index (χ3v) is 4.17. The van der Waals surface area contributed by atoms with Crippen LogP contribution in [-0.4, -0.2) is 42.1 Å². The van der Waals surface area contributed by atoms with Gasteiger partial charge >= 0.3 is 5.97 Å². The predicted octanol–water partition coefficient (Wildman–Crippen LogP) is 2.15. The van der Waals surface area contributed by atoms with E-state index in [0.29, 0.717) is 29.4 Å². The molecular formula is C17H20N4O4. The fraction of sp³-hybridized carbons (Fsp3) is 0.353. The molecule has 132 valence electrons. The van der Waals surface area contributed by atoms with E-state index in [1.54, 1.807) is 25.0 Å². The van der Waals surface area contributed by atoms with E-state index in [4.69, 9.17) is 14.2 Å². The summed E-state index contributed by atoms with van der Waals surface area (Å²) in [5.41, 5.74) is 1.94. The lowest BCUT2D eigenvalue weighted by molar-refractivity contribution is -0.136. The Morgan fingerprint density at radius 1 is 1.28 bits per heavy atom. The highest BCUT2D eigenvalue weighted by molar-refractivity contribution is 5.92. The summed E-state index contributed by atoms with van der Waals surface area (Å²) in [6, 6.07) is 4.98. The molecule has 2 heterocycles. The molecule has 0 amide bonds. The molecule has 1 aliphatic rings. The minimum atomic E-state index is -0.536. The van der Waals surface area contributed by atoms with Crippen molar-refractivity contribution < 1.29 is 19.0 Å². The number of esters is 1. The maximum atomic E-state index is 12.6. The first-order chi connectivity index (χ1) is 12.2. The topological polar surface area (TPSA) is 87.5 Å². The van der Waals surface area contributed by atoms with Crippen molar-refractivity contribution in [1.82, 2.24) is 14.8 Å². The quantitative estimate of drug-likeness (QED) is 0.832. The predicted molar refractivity (Wildman–Crippen MR) is 90.7 cm³/mol. The zero-order valence-electron chi connectivity index (χ0n) is 14.6. The molecule has 0 bridgehead atoms. The van der Waals surface area contributed by atoms with Crippen molar-refractivity contribution in [2.24, 2.45) is 0 Å². The van der Waals surface area contributed by atoms with E-state index in [9.17, 15) is 4.79 Å². The van der Waals surface area contributed by atoms with Crippen LogP contribution >= 0.6 is 0 Å². The lowest BCUT2D eigenvalue weighted by Crippen LogP contribution is -2.30. The second-order valence-corrected chi connectivity index (χ2v) is 5.38. The van der Waals surface area contributed by atoms with E-state index in [-0.39, 0.29) is 0 Å². The summed E-state index contributed by atoms with van der Waals surface area (Å²) in [6.07, 6.45) is 2.05. The summed E-state index contributed by atoms with van der Waals surface area (Å²) >= 11 is 0. The van der Waals surface area contributed by atoms with Crippen LogP contribution < -0.4 is 14.8 Å². The Kier molecular flexibility index (Phi) is 4.60. The number of fused-ring (bicyclic) bond motifs is 1. The van der Waals surface area contributed by atoms with Crippen molar-refractivity contribution in [3.63, 3.8) is 0 Å². The molecule has 0 fully saturated rings. The van der Waals surface area contributed by atoms with Gasteiger partial charge in [0.1, 0.15) is 12.4 Å². The summed E-state index contributed by atoms with van der Waals surface area (Å²) < 4.78 is 17.6. The van der Waals surface area contributed by atoms with Crippen LogP contribution in [0, 0.1) is 0 Å². The third-order valence-electron chi connectivity index (χ3n) is 4.17. The molecule has 1 unspecified atom stereocenters. The SMILES string of the molecule is CCC1=C(C(=O)OC)C(c2cccc(OC)c2OC)n2ncnc2N1. The highest BCUT2D eigenvalue weighted by Crippen LogP contribution is 2.43. The number of hydrogen-bond acceptors (Lipinski definition) is 7. The van der Waals surface area contributed by atoms with Crippen molar-refractivity contribution in [3.05, 3.63) is 41.4 Å². The van der Waals surface area contributed by atoms with Gasteiger partial charge in [-0.2, -0.15) is 10.1 Å². The first kappa shape index (κ1) is 16.8. The van der Waals surface area contributed by atoms with Gasteiger partial charge in [0, 0.05) is 11.3 Å². The molecule has 8 nitrogen and oxygen atoms in total. The fourth-order valence-corrected chi connectivity index (χ4v) is 3.06. The Hall–Kier alpha value is -3.03. The molecule has 8 heteroatoms. The number of ether oxygens (including phenoxy) is 3. The smallest absolute Gasteiger partial charge is 0.338 e. The van der Waals surface area contributed by atoms with Crippen molar-refractivity contribution in [3.8, 4) is 11.5 Å². The number of rotatable bonds is 5. The van der Waals surface area contributed by atoms with Gasteiger partial charge in [-0.3, -0.25) is 0 Å². The monoisotopic (exact) mass is 344 g/mol. The average Bonchev–Trinajstić information content (AvgIpc) is 3.13. The second-order valence-electron chi connectivity index (χ2n) is 5.38. The number of nitrogens with zero attached hydrogens (tertiary/aromatic N) is 3. The molecular weight excluding hydrogens is 324 g/mol. The Morgan fingerprint density at radius 2 is 2.08 bits per heavy atom. The Bertz CT molecular complexity index is 828. The molecule has 0 saturated heterocycles. The zero-order chi connectivity index (χ0) is 18.0. The second kappa shape index (κ2) is 6.84. The summed E-state index contributed by atoms with van der Waals surface area (Å²) in [5.74, 6) is 1.23. The summed E-state index contributed by atoms with van der Waals surface area (Å²) in [4.78, 5) is 16.8. The number of para-hydroxylation sites is 1. The van der Waals surface area contributed by atoms with E-state index < -0.39 is 12.0 Å². The van der Waals surface area contributed by atoms with Crippen LogP contribution in [0.2, 0.25) is 0 Å². The van der Waals surface area contributed by atoms with Crippen LogP contribution in [0.15, 0.2) is 35.8 Å². The van der Waals surface area contributed by atoms with Gasteiger partial charge in [-0.1, -0.05) is 19.1 Å². The van der Waals surface area contributed by atoms with E-state index in [1.807, 2.05) is 19.1 Å². The maximum Gasteiger partial charge on any atom is 0.338 e. The molecule has 0 radical (unpaired) electrons. The lowest BCUT2D eigenvalue weighted by Gasteiger charge is -2.30. The summed E-state index contributed by atoms with van der Waals surface area (Å²) in [5, 5.41) is 7.44. The summed E-state index contributed by atoms with van der Waals surface area (Å²) in [7, 11) is 4.49. The molecule has 3 rings (SSSR count). The van der Waals surface area contributed by atoms with Crippen LogP contribution in [0.4, 0.5) is 5.95 Å². The lowest BCUT2D eigenvalue weighted by atomic mass is 9.93. The van der Waals surface area contributed by atoms with Gasteiger partial charge in [-0.15, -0.1) is 0 Å². The third kappa shape index (κ3) is 2.69. The molecule has 1 aromatic carbocycles. The fourth-order valence-electron chi connectivity index (χ4n) is 3.06. The standard InChI is InChI=1S/C17H20N4O4/c1-5-11-13(16(22)25-4)14(21-17(20-11)18-9-19-21)10-7-6-8-12(23-2)15(10)24-3/h6-9,14H,5H2,1-4H3,(H,18,19,20). The van der Waals surface area contributed by atoms with Gasteiger partial charge in [-0.05, 0) is 12.5 Å². The minimum Gasteiger partial charge on any atom is -0.493 e. The summed E-state index contributed by atoms with van der Waals surface area (Å²) in [6.45, 7) is 1.96. The van der Waals surface area contributed by atoms with Crippen molar-refractivity contribution in [2.75, 3.05) is 26.6 Å². The molecule has 2 aromatic rings. The maximum absolute atomic E-state index is 12.6. The van der Waals surface area contributed by atoms with Gasteiger partial charge in [0.2, 0.25) is 5.95 Å². The van der Waals surface area contributed by atoms with Crippen LogP contribution in [0.5, 0.6) is 11.5 Å². The number of benzene rings is 1. The van der Waals surface area contributed by atoms with Crippen LogP contribution in [-0.2, 0) is 9.53 Å². The first-order valence-electron chi connectivity index (χ1n) is 7.85. The molecule has 0 saturated carbocycles. The number of nitrogens with one attached hydrogen (secondary N) is 1. The Morgan fingerprint density at radius 3 is 2.72 bits per heavy atom. The molecule has 1 aliphatic heterocycles. The molecule has 0 aliphatic carbocycles. The highest BCUT2D eigenvalue weighted by atomic mass is 16.5. The number of methoxy groups -OCH3 is 3. The van der Waals surface area contributed by atoms with Crippen molar-refractivity contribution in [1.29, 1.82) is 0 Å². The number of allylic oxidation sites excluding steroid dienone is 1. The normalized spacial score (nSPS) is 16.1. The van der Waals surface area contributed by atoms with E-state index in [1.165, 1.54) is 13.4 Å². The molecule has 25 heavy (non-hydrogen) atoms. The average molecular weight is 344 g/mol. The number of aromatic nitrogens is 3.